The van der Waals surface area contributed by atoms with Crippen LogP contribution in [0.3, 0.4) is 0 Å². The summed E-state index contributed by atoms with van der Waals surface area (Å²) >= 11 is 3.95. The summed E-state index contributed by atoms with van der Waals surface area (Å²) in [4.78, 5) is 0. The molecule has 6 nitrogen and oxygen atoms in total. The van der Waals surface area contributed by atoms with Crippen molar-refractivity contribution in [2.45, 2.75) is 50.3 Å². The van der Waals surface area contributed by atoms with Crippen LogP contribution in [0.2, 0.25) is 0 Å². The van der Waals surface area contributed by atoms with Gasteiger partial charge in [0.15, 0.2) is 17.6 Å². The van der Waals surface area contributed by atoms with E-state index in [0.717, 1.165) is 33.4 Å². The zero-order valence-corrected chi connectivity index (χ0v) is 32.9. The highest BCUT2D eigenvalue weighted by Gasteiger charge is 2.55. The zero-order valence-electron chi connectivity index (χ0n) is 31.3. The van der Waals surface area contributed by atoms with E-state index in [0.29, 0.717) is 53.3 Å². The van der Waals surface area contributed by atoms with Gasteiger partial charge in [-0.1, -0.05) is 158 Å². The van der Waals surface area contributed by atoms with Gasteiger partial charge in [0.25, 0.3) is 0 Å². The molecule has 0 fully saturated rings. The van der Waals surface area contributed by atoms with Crippen LogP contribution in [0.15, 0.2) is 180 Å². The van der Waals surface area contributed by atoms with Crippen LogP contribution in [0.5, 0.6) is 28.7 Å². The molecular formula is C50H43BrO6. The first-order valence-electron chi connectivity index (χ1n) is 19.1. The number of hydrogen-bond acceptors (Lipinski definition) is 6. The third-order valence-electron chi connectivity index (χ3n) is 10.5. The van der Waals surface area contributed by atoms with Gasteiger partial charge in [-0.3, -0.25) is 0 Å². The Bertz CT molecular complexity index is 2380. The summed E-state index contributed by atoms with van der Waals surface area (Å²) in [6, 6.07) is 57.8. The fourth-order valence-corrected chi connectivity index (χ4v) is 8.25. The van der Waals surface area contributed by atoms with Crippen molar-refractivity contribution in [2.75, 3.05) is 0 Å². The van der Waals surface area contributed by atoms with Gasteiger partial charge in [0.05, 0.1) is 6.61 Å². The van der Waals surface area contributed by atoms with E-state index in [1.54, 1.807) is 12.1 Å². The van der Waals surface area contributed by atoms with Gasteiger partial charge in [0, 0.05) is 24.0 Å². The van der Waals surface area contributed by atoms with Gasteiger partial charge in [-0.15, -0.1) is 0 Å². The molecule has 0 amide bonds. The van der Waals surface area contributed by atoms with Crippen molar-refractivity contribution >= 4 is 15.9 Å². The highest BCUT2D eigenvalue weighted by Crippen LogP contribution is 2.60. The van der Waals surface area contributed by atoms with Crippen LogP contribution in [-0.2, 0) is 37.4 Å². The van der Waals surface area contributed by atoms with Crippen molar-refractivity contribution in [1.82, 2.24) is 0 Å². The Balaban J connectivity index is 1.37. The first-order valence-corrected chi connectivity index (χ1v) is 19.9. The van der Waals surface area contributed by atoms with Crippen molar-refractivity contribution in [3.63, 3.8) is 0 Å². The standard InChI is InChI=1S/C50H43BrO6/c51-47-45(55-33-38-22-12-4-13-23-38)30-44(54-32-37-20-10-3-11-21-37)46-41(28-35-16-6-1-7-17-35)50(31-36-18-8-2-9-19-36,56-34-39-24-14-5-15-25-39)49(57-48(46)47)40-26-27-42(52)43(53)29-40/h1-27,29-30,41,49,52-53H,28,31-34H2/t41?,49-,50+/m1/s1. The van der Waals surface area contributed by atoms with E-state index < -0.39 is 11.7 Å². The van der Waals surface area contributed by atoms with Gasteiger partial charge in [0.2, 0.25) is 0 Å². The highest BCUT2D eigenvalue weighted by molar-refractivity contribution is 9.10. The molecule has 0 aliphatic carbocycles. The summed E-state index contributed by atoms with van der Waals surface area (Å²) < 4.78 is 28.9. The van der Waals surface area contributed by atoms with Crippen molar-refractivity contribution in [2.24, 2.45) is 0 Å². The van der Waals surface area contributed by atoms with E-state index >= 15 is 0 Å². The average Bonchev–Trinajstić information content (AvgIpc) is 3.26. The maximum Gasteiger partial charge on any atom is 0.157 e. The topological polar surface area (TPSA) is 77.4 Å². The summed E-state index contributed by atoms with van der Waals surface area (Å²) in [5, 5.41) is 21.5. The highest BCUT2D eigenvalue weighted by atomic mass is 79.9. The Kier molecular flexibility index (Phi) is 11.6. The second-order valence-electron chi connectivity index (χ2n) is 14.4. The zero-order chi connectivity index (χ0) is 39.0. The summed E-state index contributed by atoms with van der Waals surface area (Å²) in [7, 11) is 0. The molecule has 1 aliphatic heterocycles. The van der Waals surface area contributed by atoms with Crippen molar-refractivity contribution < 1.29 is 29.2 Å². The molecule has 0 aromatic heterocycles. The predicted molar refractivity (Wildman–Crippen MR) is 226 cm³/mol. The first-order chi connectivity index (χ1) is 28.0. The second kappa shape index (κ2) is 17.4. The van der Waals surface area contributed by atoms with Crippen LogP contribution in [0.25, 0.3) is 0 Å². The maximum absolute atomic E-state index is 11.0. The molecule has 1 aliphatic rings. The minimum Gasteiger partial charge on any atom is -0.504 e. The summed E-state index contributed by atoms with van der Waals surface area (Å²) in [6.45, 7) is 0.936. The Morgan fingerprint density at radius 2 is 1.02 bits per heavy atom. The van der Waals surface area contributed by atoms with E-state index in [2.05, 4.69) is 64.5 Å². The number of ether oxygens (including phenoxy) is 4. The predicted octanol–water partition coefficient (Wildman–Crippen LogP) is 11.7. The third kappa shape index (κ3) is 8.55. The Labute approximate surface area is 342 Å². The molecular weight excluding hydrogens is 776 g/mol. The molecule has 57 heavy (non-hydrogen) atoms. The molecule has 7 heteroatoms. The Morgan fingerprint density at radius 3 is 1.56 bits per heavy atom. The van der Waals surface area contributed by atoms with Gasteiger partial charge >= 0.3 is 0 Å². The number of phenolic OH excluding ortho intramolecular Hbond substituents is 2. The largest absolute Gasteiger partial charge is 0.504 e. The van der Waals surface area contributed by atoms with E-state index in [1.807, 2.05) is 109 Å². The SMILES string of the molecule is Oc1ccc([C@H]2Oc3c(Br)c(OCc4ccccc4)cc(OCc4ccccc4)c3C(Cc3ccccc3)[C@]2(Cc2ccccc2)OCc2ccccc2)cc1O. The van der Waals surface area contributed by atoms with Crippen LogP contribution in [0.4, 0.5) is 0 Å². The smallest absolute Gasteiger partial charge is 0.157 e. The van der Waals surface area contributed by atoms with E-state index in [1.165, 1.54) is 6.07 Å². The van der Waals surface area contributed by atoms with Crippen LogP contribution in [0, 0.1) is 0 Å². The molecule has 3 atom stereocenters. The summed E-state index contributed by atoms with van der Waals surface area (Å²) in [5.74, 6) is 0.905. The molecule has 286 valence electrons. The maximum atomic E-state index is 11.0. The van der Waals surface area contributed by atoms with Crippen LogP contribution >= 0.6 is 15.9 Å². The molecule has 1 unspecified atom stereocenters. The Morgan fingerprint density at radius 1 is 0.526 bits per heavy atom. The van der Waals surface area contributed by atoms with Crippen LogP contribution in [0.1, 0.15) is 51.0 Å². The van der Waals surface area contributed by atoms with Crippen molar-refractivity contribution in [3.8, 4) is 28.7 Å². The molecule has 7 aromatic carbocycles. The minimum atomic E-state index is -1.10. The van der Waals surface area contributed by atoms with Crippen LogP contribution in [-0.4, -0.2) is 15.8 Å². The number of fused-ring (bicyclic) bond motifs is 1. The molecule has 0 bridgehead atoms. The van der Waals surface area contributed by atoms with Crippen molar-refractivity contribution in [3.05, 3.63) is 219 Å². The van der Waals surface area contributed by atoms with Gasteiger partial charge in [-0.2, -0.15) is 0 Å². The Hall–Kier alpha value is -6.02. The van der Waals surface area contributed by atoms with E-state index in [4.69, 9.17) is 18.9 Å². The number of rotatable bonds is 14. The number of benzene rings is 7. The number of aromatic hydroxyl groups is 2. The molecule has 0 radical (unpaired) electrons. The van der Waals surface area contributed by atoms with E-state index in [9.17, 15) is 10.2 Å². The van der Waals surface area contributed by atoms with Crippen molar-refractivity contribution in [1.29, 1.82) is 0 Å². The lowest BCUT2D eigenvalue weighted by atomic mass is 9.68. The molecule has 8 rings (SSSR count). The fraction of sp³-hybridized carbons (Fsp3) is 0.160. The van der Waals surface area contributed by atoms with Gasteiger partial charge in [-0.25, -0.2) is 0 Å². The van der Waals surface area contributed by atoms with Gasteiger partial charge < -0.3 is 29.2 Å². The molecule has 7 aromatic rings. The normalized spacial score (nSPS) is 17.3. The number of halogens is 1. The molecule has 0 spiro atoms. The van der Waals surface area contributed by atoms with Gasteiger partial charge in [-0.05, 0) is 67.9 Å². The minimum absolute atomic E-state index is 0.218. The summed E-state index contributed by atoms with van der Waals surface area (Å²) in [5.41, 5.74) is 5.60. The lowest BCUT2D eigenvalue weighted by Crippen LogP contribution is -2.52. The fourth-order valence-electron chi connectivity index (χ4n) is 7.72. The average molecular weight is 820 g/mol. The number of phenols is 2. The quantitative estimate of drug-likeness (QED) is 0.106. The molecule has 0 saturated heterocycles. The summed E-state index contributed by atoms with van der Waals surface area (Å²) in [6.07, 6.45) is 0.237. The lowest BCUT2D eigenvalue weighted by molar-refractivity contribution is -0.152. The van der Waals surface area contributed by atoms with Gasteiger partial charge in [0.1, 0.15) is 40.5 Å². The third-order valence-corrected chi connectivity index (χ3v) is 11.3. The monoisotopic (exact) mass is 818 g/mol. The molecule has 2 N–H and O–H groups in total. The molecule has 1 heterocycles. The second-order valence-corrected chi connectivity index (χ2v) is 15.2. The van der Waals surface area contributed by atoms with E-state index in [-0.39, 0.29) is 24.0 Å². The lowest BCUT2D eigenvalue weighted by Gasteiger charge is -2.50. The first kappa shape index (κ1) is 37.9. The van der Waals surface area contributed by atoms with Crippen LogP contribution < -0.4 is 14.2 Å². The number of hydrogen-bond donors (Lipinski definition) is 2. The molecule has 0 saturated carbocycles.